The Bertz CT molecular complexity index is 604. The molecule has 0 aliphatic carbocycles. The minimum absolute atomic E-state index is 0.107. The lowest BCUT2D eigenvalue weighted by Gasteiger charge is -2.11. The Morgan fingerprint density at radius 3 is 2.78 bits per heavy atom. The van der Waals surface area contributed by atoms with E-state index in [0.717, 1.165) is 0 Å². The number of nitrogens with one attached hydrogen (secondary N) is 1. The minimum atomic E-state index is -0.107. The van der Waals surface area contributed by atoms with E-state index in [0.29, 0.717) is 17.3 Å². The van der Waals surface area contributed by atoms with Gasteiger partial charge in [0.2, 0.25) is 0 Å². The molecule has 0 aromatic carbocycles. The first kappa shape index (κ1) is 12.3. The second-order valence-electron chi connectivity index (χ2n) is 4.36. The van der Waals surface area contributed by atoms with E-state index < -0.39 is 0 Å². The number of nitrogens with zero attached hydrogens (tertiary/aromatic N) is 3. The maximum Gasteiger partial charge on any atom is 0.279 e. The quantitative estimate of drug-likeness (QED) is 0.893. The van der Waals surface area contributed by atoms with Crippen LogP contribution in [0.25, 0.3) is 5.82 Å². The van der Waals surface area contributed by atoms with E-state index in [1.54, 1.807) is 31.5 Å². The lowest BCUT2D eigenvalue weighted by molar-refractivity contribution is 0.869. The zero-order valence-electron chi connectivity index (χ0n) is 10.7. The molecule has 2 heterocycles. The highest BCUT2D eigenvalue weighted by atomic mass is 16.1. The van der Waals surface area contributed by atoms with Gasteiger partial charge in [0, 0.05) is 18.4 Å². The normalized spacial score (nSPS) is 10.7. The average molecular weight is 244 g/mol. The summed E-state index contributed by atoms with van der Waals surface area (Å²) >= 11 is 0. The molecule has 0 saturated heterocycles. The molecule has 2 aromatic heterocycles. The summed E-state index contributed by atoms with van der Waals surface area (Å²) in [5.41, 5.74) is 0.466. The van der Waals surface area contributed by atoms with E-state index in [2.05, 4.69) is 15.3 Å². The van der Waals surface area contributed by atoms with Crippen LogP contribution in [-0.2, 0) is 0 Å². The van der Waals surface area contributed by atoms with E-state index in [1.165, 1.54) is 4.57 Å². The second-order valence-corrected chi connectivity index (χ2v) is 4.36. The van der Waals surface area contributed by atoms with Crippen LogP contribution in [0.5, 0.6) is 0 Å². The summed E-state index contributed by atoms with van der Waals surface area (Å²) in [6.07, 6.45) is 3.35. The Hall–Kier alpha value is -2.17. The summed E-state index contributed by atoms with van der Waals surface area (Å²) in [5.74, 6) is 1.22. The molecule has 0 saturated carbocycles. The van der Waals surface area contributed by atoms with Gasteiger partial charge in [-0.25, -0.2) is 9.97 Å². The van der Waals surface area contributed by atoms with Gasteiger partial charge < -0.3 is 5.32 Å². The summed E-state index contributed by atoms with van der Waals surface area (Å²) in [4.78, 5) is 20.5. The van der Waals surface area contributed by atoms with Gasteiger partial charge in [-0.15, -0.1) is 0 Å². The molecule has 2 aromatic rings. The van der Waals surface area contributed by atoms with Gasteiger partial charge >= 0.3 is 0 Å². The SMILES string of the molecule is Cc1nccc(-n2cccc(NC(C)C)c2=O)n1. The standard InChI is InChI=1S/C13H16N4O/c1-9(2)15-11-5-4-8-17(13(11)18)12-6-7-14-10(3)16-12/h4-9,15H,1-3H3. The van der Waals surface area contributed by atoms with Gasteiger partial charge in [0.05, 0.1) is 0 Å². The predicted molar refractivity (Wildman–Crippen MR) is 71.1 cm³/mol. The van der Waals surface area contributed by atoms with E-state index in [9.17, 15) is 4.79 Å². The topological polar surface area (TPSA) is 59.8 Å². The molecule has 0 radical (unpaired) electrons. The van der Waals surface area contributed by atoms with Crippen molar-refractivity contribution in [1.82, 2.24) is 14.5 Å². The Labute approximate surface area is 106 Å². The molecule has 0 bridgehead atoms. The van der Waals surface area contributed by atoms with Crippen LogP contribution < -0.4 is 10.9 Å². The molecule has 0 atom stereocenters. The Balaban J connectivity index is 2.49. The zero-order chi connectivity index (χ0) is 13.1. The molecular weight excluding hydrogens is 228 g/mol. The van der Waals surface area contributed by atoms with Crippen molar-refractivity contribution in [3.8, 4) is 5.82 Å². The summed E-state index contributed by atoms with van der Waals surface area (Å²) < 4.78 is 1.51. The van der Waals surface area contributed by atoms with E-state index >= 15 is 0 Å². The number of aromatic nitrogens is 3. The van der Waals surface area contributed by atoms with Crippen LogP contribution in [0.3, 0.4) is 0 Å². The molecular formula is C13H16N4O. The molecule has 0 spiro atoms. The summed E-state index contributed by atoms with van der Waals surface area (Å²) in [7, 11) is 0. The van der Waals surface area contributed by atoms with Gasteiger partial charge in [0.25, 0.3) is 5.56 Å². The second kappa shape index (κ2) is 5.00. The van der Waals surface area contributed by atoms with E-state index in [1.807, 2.05) is 19.9 Å². The first-order valence-corrected chi connectivity index (χ1v) is 5.86. The van der Waals surface area contributed by atoms with Crippen LogP contribution in [0, 0.1) is 6.92 Å². The Morgan fingerprint density at radius 2 is 2.11 bits per heavy atom. The molecule has 5 nitrogen and oxygen atoms in total. The highest BCUT2D eigenvalue weighted by molar-refractivity contribution is 5.43. The zero-order valence-corrected chi connectivity index (χ0v) is 10.7. The highest BCUT2D eigenvalue weighted by Crippen LogP contribution is 2.05. The van der Waals surface area contributed by atoms with Crippen LogP contribution in [0.15, 0.2) is 35.4 Å². The van der Waals surface area contributed by atoms with Crippen molar-refractivity contribution in [2.75, 3.05) is 5.32 Å². The van der Waals surface area contributed by atoms with Gasteiger partial charge in [-0.2, -0.15) is 0 Å². The van der Waals surface area contributed by atoms with Crippen molar-refractivity contribution < 1.29 is 0 Å². The first-order valence-electron chi connectivity index (χ1n) is 5.86. The third-order valence-electron chi connectivity index (χ3n) is 2.40. The fourth-order valence-corrected chi connectivity index (χ4v) is 1.67. The van der Waals surface area contributed by atoms with Gasteiger partial charge in [-0.1, -0.05) is 0 Å². The Kier molecular flexibility index (Phi) is 3.41. The molecule has 0 amide bonds. The van der Waals surface area contributed by atoms with E-state index in [-0.39, 0.29) is 11.6 Å². The number of anilines is 1. The average Bonchev–Trinajstić information content (AvgIpc) is 2.31. The number of aryl methyl sites for hydroxylation is 1. The number of hydrogen-bond acceptors (Lipinski definition) is 4. The van der Waals surface area contributed by atoms with Gasteiger partial charge in [-0.3, -0.25) is 9.36 Å². The molecule has 18 heavy (non-hydrogen) atoms. The largest absolute Gasteiger partial charge is 0.378 e. The van der Waals surface area contributed by atoms with Crippen LogP contribution in [0.2, 0.25) is 0 Å². The maximum absolute atomic E-state index is 12.3. The number of rotatable bonds is 3. The van der Waals surface area contributed by atoms with Crippen LogP contribution in [0.1, 0.15) is 19.7 Å². The van der Waals surface area contributed by atoms with Gasteiger partial charge in [-0.05, 0) is 39.0 Å². The third kappa shape index (κ3) is 2.56. The van der Waals surface area contributed by atoms with Crippen molar-refractivity contribution in [1.29, 1.82) is 0 Å². The Morgan fingerprint density at radius 1 is 1.33 bits per heavy atom. The molecule has 0 aliphatic heterocycles. The lowest BCUT2D eigenvalue weighted by atomic mass is 10.3. The van der Waals surface area contributed by atoms with Crippen LogP contribution in [-0.4, -0.2) is 20.6 Å². The predicted octanol–water partition coefficient (Wildman–Crippen LogP) is 1.76. The van der Waals surface area contributed by atoms with Crippen molar-refractivity contribution in [3.05, 3.63) is 46.8 Å². The highest BCUT2D eigenvalue weighted by Gasteiger charge is 2.06. The van der Waals surface area contributed by atoms with Crippen LogP contribution >= 0.6 is 0 Å². The molecule has 0 aliphatic rings. The maximum atomic E-state index is 12.3. The summed E-state index contributed by atoms with van der Waals surface area (Å²) in [5, 5.41) is 3.12. The van der Waals surface area contributed by atoms with Gasteiger partial charge in [0.15, 0.2) is 0 Å². The van der Waals surface area contributed by atoms with Gasteiger partial charge in [0.1, 0.15) is 17.3 Å². The number of pyridine rings is 1. The summed E-state index contributed by atoms with van der Waals surface area (Å²) in [6.45, 7) is 5.78. The molecule has 0 unspecified atom stereocenters. The molecule has 0 fully saturated rings. The number of hydrogen-bond donors (Lipinski definition) is 1. The first-order chi connectivity index (χ1) is 8.58. The molecule has 5 heteroatoms. The van der Waals surface area contributed by atoms with Crippen molar-refractivity contribution in [2.24, 2.45) is 0 Å². The molecule has 94 valence electrons. The van der Waals surface area contributed by atoms with Crippen LogP contribution in [0.4, 0.5) is 5.69 Å². The smallest absolute Gasteiger partial charge is 0.279 e. The van der Waals surface area contributed by atoms with E-state index in [4.69, 9.17) is 0 Å². The summed E-state index contributed by atoms with van der Waals surface area (Å²) in [6, 6.07) is 5.52. The molecule has 1 N–H and O–H groups in total. The fraction of sp³-hybridized carbons (Fsp3) is 0.308. The molecule has 2 rings (SSSR count). The monoisotopic (exact) mass is 244 g/mol. The fourth-order valence-electron chi connectivity index (χ4n) is 1.67. The minimum Gasteiger partial charge on any atom is -0.378 e. The van der Waals surface area contributed by atoms with Crippen molar-refractivity contribution >= 4 is 5.69 Å². The van der Waals surface area contributed by atoms with Crippen molar-refractivity contribution in [2.45, 2.75) is 26.8 Å². The lowest BCUT2D eigenvalue weighted by Crippen LogP contribution is -2.24. The third-order valence-corrected chi connectivity index (χ3v) is 2.40. The van der Waals surface area contributed by atoms with Crippen molar-refractivity contribution in [3.63, 3.8) is 0 Å².